The third kappa shape index (κ3) is 6.58. The van der Waals surface area contributed by atoms with Crippen molar-refractivity contribution in [3.8, 4) is 11.1 Å². The van der Waals surface area contributed by atoms with Gasteiger partial charge in [-0.15, -0.1) is 0 Å². The van der Waals surface area contributed by atoms with Gasteiger partial charge in [-0.25, -0.2) is 9.59 Å². The summed E-state index contributed by atoms with van der Waals surface area (Å²) in [6.07, 6.45) is 0.219. The molecule has 0 saturated carbocycles. The molecule has 1 aliphatic carbocycles. The number of nitrogens with one attached hydrogen (secondary N) is 2. The molecular weight excluding hydrogens is 522 g/mol. The third-order valence-electron chi connectivity index (χ3n) is 8.09. The zero-order chi connectivity index (χ0) is 28.8. The number of likely N-dealkylation sites (tertiary alicyclic amines) is 1. The molecule has 1 heterocycles. The fraction of sp³-hybridized carbons (Fsp3) is 0.344. The zero-order valence-corrected chi connectivity index (χ0v) is 22.8. The molecular formula is C32H35N3O6. The summed E-state index contributed by atoms with van der Waals surface area (Å²) in [6.45, 7) is 1.44. The van der Waals surface area contributed by atoms with Gasteiger partial charge >= 0.3 is 12.1 Å². The predicted octanol–water partition coefficient (Wildman–Crippen LogP) is 3.51. The lowest BCUT2D eigenvalue weighted by Crippen LogP contribution is -2.58. The van der Waals surface area contributed by atoms with Crippen molar-refractivity contribution in [2.75, 3.05) is 26.3 Å². The second kappa shape index (κ2) is 12.5. The number of carbonyl (C=O) groups excluding carboxylic acids is 2. The van der Waals surface area contributed by atoms with Crippen molar-refractivity contribution in [1.29, 1.82) is 0 Å². The summed E-state index contributed by atoms with van der Waals surface area (Å²) in [5.74, 6) is -1.97. The SMILES string of the molecule is O=C(CC1(NC(=O)OCC2c3ccccc3-c3ccccc32)CCN(Cc2ccccc2)CC1)NC(CO)C(=O)O. The topological polar surface area (TPSA) is 128 Å². The Morgan fingerprint density at radius 2 is 1.49 bits per heavy atom. The standard InChI is InChI=1S/C32H35N3O6/c36-20-28(30(38)39)33-29(37)18-32(14-16-35(17-15-32)19-22-8-2-1-3-9-22)34-31(40)41-21-27-25-12-6-4-10-23(25)24-11-5-7-13-26(24)27/h1-13,27-28,36H,14-21H2,(H,33,37)(H,34,40)(H,38,39). The monoisotopic (exact) mass is 557 g/mol. The van der Waals surface area contributed by atoms with Crippen molar-refractivity contribution < 1.29 is 29.3 Å². The first-order valence-corrected chi connectivity index (χ1v) is 13.9. The van der Waals surface area contributed by atoms with E-state index in [1.165, 1.54) is 5.56 Å². The fourth-order valence-corrected chi connectivity index (χ4v) is 5.92. The van der Waals surface area contributed by atoms with Gasteiger partial charge in [0.2, 0.25) is 5.91 Å². The molecule has 1 unspecified atom stereocenters. The highest BCUT2D eigenvalue weighted by atomic mass is 16.5. The maximum Gasteiger partial charge on any atom is 0.407 e. The molecule has 9 heteroatoms. The molecule has 3 aromatic rings. The summed E-state index contributed by atoms with van der Waals surface area (Å²) >= 11 is 0. The molecule has 3 aromatic carbocycles. The minimum atomic E-state index is -1.41. The number of carboxylic acids is 1. The van der Waals surface area contributed by atoms with E-state index in [9.17, 15) is 24.6 Å². The van der Waals surface area contributed by atoms with Gasteiger partial charge in [0.15, 0.2) is 0 Å². The van der Waals surface area contributed by atoms with Crippen molar-refractivity contribution in [2.45, 2.75) is 43.3 Å². The highest BCUT2D eigenvalue weighted by Crippen LogP contribution is 2.44. The van der Waals surface area contributed by atoms with E-state index in [1.54, 1.807) is 0 Å². The van der Waals surface area contributed by atoms with Crippen LogP contribution in [0.15, 0.2) is 78.9 Å². The lowest BCUT2D eigenvalue weighted by molar-refractivity contribution is -0.143. The number of aliphatic hydroxyl groups excluding tert-OH is 1. The van der Waals surface area contributed by atoms with Crippen LogP contribution in [0.4, 0.5) is 4.79 Å². The Labute approximate surface area is 239 Å². The average Bonchev–Trinajstić information content (AvgIpc) is 3.30. The van der Waals surface area contributed by atoms with Gasteiger partial charge in [0.1, 0.15) is 12.6 Å². The Morgan fingerprint density at radius 1 is 0.902 bits per heavy atom. The molecule has 1 aliphatic heterocycles. The number of aliphatic carboxylic acids is 1. The molecule has 9 nitrogen and oxygen atoms in total. The van der Waals surface area contributed by atoms with Crippen molar-refractivity contribution in [3.05, 3.63) is 95.6 Å². The van der Waals surface area contributed by atoms with Crippen LogP contribution in [-0.4, -0.2) is 71.0 Å². The van der Waals surface area contributed by atoms with Gasteiger partial charge in [0.05, 0.1) is 12.1 Å². The molecule has 41 heavy (non-hydrogen) atoms. The molecule has 0 radical (unpaired) electrons. The van der Waals surface area contributed by atoms with Gasteiger partial charge in [-0.3, -0.25) is 9.69 Å². The first-order valence-electron chi connectivity index (χ1n) is 13.9. The number of alkyl carbamates (subject to hydrolysis) is 1. The average molecular weight is 558 g/mol. The van der Waals surface area contributed by atoms with Crippen LogP contribution in [0.1, 0.15) is 41.9 Å². The third-order valence-corrected chi connectivity index (χ3v) is 8.09. The Morgan fingerprint density at radius 3 is 2.07 bits per heavy atom. The van der Waals surface area contributed by atoms with Crippen molar-refractivity contribution in [3.63, 3.8) is 0 Å². The number of fused-ring (bicyclic) bond motifs is 3. The summed E-state index contributed by atoms with van der Waals surface area (Å²) in [5.41, 5.74) is 4.73. The van der Waals surface area contributed by atoms with Crippen LogP contribution in [0.25, 0.3) is 11.1 Å². The minimum absolute atomic E-state index is 0.0963. The van der Waals surface area contributed by atoms with E-state index in [0.717, 1.165) is 28.8 Å². The van der Waals surface area contributed by atoms with E-state index in [0.29, 0.717) is 25.9 Å². The summed E-state index contributed by atoms with van der Waals surface area (Å²) in [4.78, 5) is 39.7. The normalized spacial score (nSPS) is 16.7. The summed E-state index contributed by atoms with van der Waals surface area (Å²) in [6, 6.07) is 24.9. The second-order valence-electron chi connectivity index (χ2n) is 10.8. The summed E-state index contributed by atoms with van der Waals surface area (Å²) in [5, 5.41) is 24.0. The van der Waals surface area contributed by atoms with E-state index in [4.69, 9.17) is 4.74 Å². The quantitative estimate of drug-likeness (QED) is 0.300. The molecule has 2 aliphatic rings. The molecule has 214 valence electrons. The fourth-order valence-electron chi connectivity index (χ4n) is 5.92. The molecule has 0 bridgehead atoms. The van der Waals surface area contributed by atoms with E-state index in [2.05, 4.69) is 51.9 Å². The molecule has 2 amide bonds. The predicted molar refractivity (Wildman–Crippen MR) is 153 cm³/mol. The first kappa shape index (κ1) is 28.3. The lowest BCUT2D eigenvalue weighted by Gasteiger charge is -2.42. The van der Waals surface area contributed by atoms with E-state index < -0.39 is 36.2 Å². The Bertz CT molecular complexity index is 1340. The molecule has 4 N–H and O–H groups in total. The number of hydrogen-bond donors (Lipinski definition) is 4. The second-order valence-corrected chi connectivity index (χ2v) is 10.8. The molecule has 0 aromatic heterocycles. The van der Waals surface area contributed by atoms with Gasteiger partial charge in [0, 0.05) is 32.0 Å². The molecule has 1 saturated heterocycles. The van der Waals surface area contributed by atoms with Crippen molar-refractivity contribution in [2.24, 2.45) is 0 Å². The molecule has 1 atom stereocenters. The number of amides is 2. The smallest absolute Gasteiger partial charge is 0.407 e. The minimum Gasteiger partial charge on any atom is -0.480 e. The highest BCUT2D eigenvalue weighted by Gasteiger charge is 2.39. The number of carboxylic acid groups (broad SMARTS) is 1. The Balaban J connectivity index is 1.26. The van der Waals surface area contributed by atoms with Crippen LogP contribution in [0.5, 0.6) is 0 Å². The number of ether oxygens (including phenoxy) is 1. The summed E-state index contributed by atoms with van der Waals surface area (Å²) < 4.78 is 5.78. The van der Waals surface area contributed by atoms with Gasteiger partial charge in [-0.1, -0.05) is 78.9 Å². The zero-order valence-electron chi connectivity index (χ0n) is 22.8. The number of rotatable bonds is 10. The van der Waals surface area contributed by atoms with Crippen LogP contribution in [0, 0.1) is 0 Å². The van der Waals surface area contributed by atoms with Crippen molar-refractivity contribution >= 4 is 18.0 Å². The van der Waals surface area contributed by atoms with E-state index in [1.807, 2.05) is 42.5 Å². The summed E-state index contributed by atoms with van der Waals surface area (Å²) in [7, 11) is 0. The van der Waals surface area contributed by atoms with Crippen LogP contribution < -0.4 is 10.6 Å². The Hall–Kier alpha value is -4.21. The number of hydrogen-bond acceptors (Lipinski definition) is 6. The van der Waals surface area contributed by atoms with Crippen LogP contribution in [-0.2, 0) is 20.9 Å². The maximum atomic E-state index is 13.2. The van der Waals surface area contributed by atoms with Crippen LogP contribution in [0.2, 0.25) is 0 Å². The number of piperidine rings is 1. The van der Waals surface area contributed by atoms with Gasteiger partial charge in [-0.05, 0) is 40.7 Å². The Kier molecular flexibility index (Phi) is 8.66. The molecule has 1 fully saturated rings. The van der Waals surface area contributed by atoms with Gasteiger partial charge in [0.25, 0.3) is 0 Å². The number of carbonyl (C=O) groups is 3. The van der Waals surface area contributed by atoms with E-state index >= 15 is 0 Å². The van der Waals surface area contributed by atoms with Gasteiger partial charge in [-0.2, -0.15) is 0 Å². The number of aliphatic hydroxyl groups is 1. The lowest BCUT2D eigenvalue weighted by atomic mass is 9.83. The van der Waals surface area contributed by atoms with Crippen molar-refractivity contribution in [1.82, 2.24) is 15.5 Å². The van der Waals surface area contributed by atoms with E-state index in [-0.39, 0.29) is 18.9 Å². The number of benzene rings is 3. The van der Waals surface area contributed by atoms with Gasteiger partial charge < -0.3 is 25.6 Å². The van der Waals surface area contributed by atoms with Crippen LogP contribution in [0.3, 0.4) is 0 Å². The molecule has 0 spiro atoms. The molecule has 5 rings (SSSR count). The van der Waals surface area contributed by atoms with Crippen LogP contribution >= 0.6 is 0 Å². The highest BCUT2D eigenvalue weighted by molar-refractivity contribution is 5.85. The largest absolute Gasteiger partial charge is 0.480 e. The maximum absolute atomic E-state index is 13.2. The number of nitrogens with zero attached hydrogens (tertiary/aromatic N) is 1. The first-order chi connectivity index (χ1) is 19.9.